The zero-order chi connectivity index (χ0) is 10.7. The smallest absolute Gasteiger partial charge is 0.205 e. The average Bonchev–Trinajstić information content (AvgIpc) is 2.65. The van der Waals surface area contributed by atoms with Crippen LogP contribution in [-0.4, -0.2) is 16.2 Å². The minimum Gasteiger partial charge on any atom is -0.357 e. The zero-order valence-electron chi connectivity index (χ0n) is 9.49. The van der Waals surface area contributed by atoms with Crippen LogP contribution in [0.4, 0.5) is 5.13 Å². The molecule has 4 heteroatoms. The molecule has 1 aliphatic rings. The second-order valence-electron chi connectivity index (χ2n) is 4.33. The Morgan fingerprint density at radius 1 is 1.33 bits per heavy atom. The van der Waals surface area contributed by atoms with E-state index in [9.17, 15) is 0 Å². The number of anilines is 1. The molecule has 1 fully saturated rings. The predicted molar refractivity (Wildman–Crippen MR) is 64.3 cm³/mol. The molecule has 2 rings (SSSR count). The zero-order valence-corrected chi connectivity index (χ0v) is 10.3. The standard InChI is InChI=1S/C11H19N3S/c1-3-9-6-4-5-7-10(9)12-11-14-13-8(2)15-11/h9-10H,3-7H2,1-2H3,(H,12,14). The second-order valence-corrected chi connectivity index (χ2v) is 5.51. The first-order valence-corrected chi connectivity index (χ1v) is 6.68. The van der Waals surface area contributed by atoms with Crippen molar-refractivity contribution in [2.24, 2.45) is 5.92 Å². The normalized spacial score (nSPS) is 26.5. The molecule has 0 aliphatic heterocycles. The van der Waals surface area contributed by atoms with Gasteiger partial charge in [-0.2, -0.15) is 0 Å². The van der Waals surface area contributed by atoms with Crippen LogP contribution in [0.1, 0.15) is 44.0 Å². The fourth-order valence-electron chi connectivity index (χ4n) is 2.40. The summed E-state index contributed by atoms with van der Waals surface area (Å²) in [6.07, 6.45) is 6.68. The van der Waals surface area contributed by atoms with E-state index in [2.05, 4.69) is 22.4 Å². The van der Waals surface area contributed by atoms with Gasteiger partial charge in [-0.1, -0.05) is 37.5 Å². The third-order valence-electron chi connectivity index (χ3n) is 3.27. The van der Waals surface area contributed by atoms with Crippen LogP contribution in [0, 0.1) is 12.8 Å². The van der Waals surface area contributed by atoms with Crippen LogP contribution < -0.4 is 5.32 Å². The van der Waals surface area contributed by atoms with Crippen molar-refractivity contribution in [3.63, 3.8) is 0 Å². The van der Waals surface area contributed by atoms with E-state index in [1.807, 2.05) is 6.92 Å². The highest BCUT2D eigenvalue weighted by Gasteiger charge is 2.24. The Morgan fingerprint density at radius 2 is 2.13 bits per heavy atom. The number of aryl methyl sites for hydroxylation is 1. The third kappa shape index (κ3) is 2.68. The van der Waals surface area contributed by atoms with Gasteiger partial charge in [0, 0.05) is 6.04 Å². The Balaban J connectivity index is 1.97. The number of hydrogen-bond acceptors (Lipinski definition) is 4. The van der Waals surface area contributed by atoms with Crippen molar-refractivity contribution in [2.75, 3.05) is 5.32 Å². The molecule has 2 unspecified atom stereocenters. The van der Waals surface area contributed by atoms with Gasteiger partial charge < -0.3 is 5.32 Å². The highest BCUT2D eigenvalue weighted by Crippen LogP contribution is 2.29. The molecule has 0 spiro atoms. The van der Waals surface area contributed by atoms with E-state index in [1.165, 1.54) is 32.1 Å². The lowest BCUT2D eigenvalue weighted by Crippen LogP contribution is -2.31. The van der Waals surface area contributed by atoms with Crippen LogP contribution in [0.5, 0.6) is 0 Å². The molecule has 15 heavy (non-hydrogen) atoms. The van der Waals surface area contributed by atoms with Gasteiger partial charge in [0.15, 0.2) is 0 Å². The Labute approximate surface area is 95.3 Å². The van der Waals surface area contributed by atoms with Gasteiger partial charge >= 0.3 is 0 Å². The van der Waals surface area contributed by atoms with Gasteiger partial charge in [-0.25, -0.2) is 0 Å². The Morgan fingerprint density at radius 3 is 2.80 bits per heavy atom. The van der Waals surface area contributed by atoms with Crippen LogP contribution in [0.25, 0.3) is 0 Å². The highest BCUT2D eigenvalue weighted by molar-refractivity contribution is 7.15. The number of nitrogens with one attached hydrogen (secondary N) is 1. The van der Waals surface area contributed by atoms with Gasteiger partial charge in [0.05, 0.1) is 0 Å². The minimum absolute atomic E-state index is 0.621. The molecule has 1 saturated carbocycles. The summed E-state index contributed by atoms with van der Waals surface area (Å²) in [7, 11) is 0. The van der Waals surface area contributed by atoms with Crippen LogP contribution in [-0.2, 0) is 0 Å². The Bertz CT molecular complexity index is 311. The van der Waals surface area contributed by atoms with Crippen molar-refractivity contribution in [1.82, 2.24) is 10.2 Å². The summed E-state index contributed by atoms with van der Waals surface area (Å²) < 4.78 is 0. The van der Waals surface area contributed by atoms with E-state index in [1.54, 1.807) is 11.3 Å². The average molecular weight is 225 g/mol. The van der Waals surface area contributed by atoms with E-state index >= 15 is 0 Å². The first-order chi connectivity index (χ1) is 7.29. The van der Waals surface area contributed by atoms with Gasteiger partial charge in [0.2, 0.25) is 5.13 Å². The molecular weight excluding hydrogens is 206 g/mol. The minimum atomic E-state index is 0.621. The molecule has 0 saturated heterocycles. The summed E-state index contributed by atoms with van der Waals surface area (Å²) >= 11 is 1.66. The summed E-state index contributed by atoms with van der Waals surface area (Å²) in [5.74, 6) is 0.822. The molecule has 3 nitrogen and oxygen atoms in total. The Kier molecular flexibility index (Phi) is 3.57. The summed E-state index contributed by atoms with van der Waals surface area (Å²) in [4.78, 5) is 0. The van der Waals surface area contributed by atoms with Crippen molar-refractivity contribution < 1.29 is 0 Å². The summed E-state index contributed by atoms with van der Waals surface area (Å²) in [5, 5.41) is 13.8. The summed E-state index contributed by atoms with van der Waals surface area (Å²) in [6.45, 7) is 4.29. The molecular formula is C11H19N3S. The van der Waals surface area contributed by atoms with Crippen molar-refractivity contribution in [3.05, 3.63) is 5.01 Å². The fourth-order valence-corrected chi connectivity index (χ4v) is 3.05. The van der Waals surface area contributed by atoms with Crippen molar-refractivity contribution in [2.45, 2.75) is 52.0 Å². The maximum Gasteiger partial charge on any atom is 0.205 e. The summed E-state index contributed by atoms with van der Waals surface area (Å²) in [6, 6.07) is 0.621. The van der Waals surface area contributed by atoms with Crippen molar-refractivity contribution >= 4 is 16.5 Å². The molecule has 1 heterocycles. The fraction of sp³-hybridized carbons (Fsp3) is 0.818. The lowest BCUT2D eigenvalue weighted by atomic mass is 9.83. The van der Waals surface area contributed by atoms with Gasteiger partial charge in [-0.3, -0.25) is 0 Å². The van der Waals surface area contributed by atoms with E-state index in [0.29, 0.717) is 6.04 Å². The molecule has 2 atom stereocenters. The van der Waals surface area contributed by atoms with Gasteiger partial charge in [-0.15, -0.1) is 10.2 Å². The third-order valence-corrected chi connectivity index (χ3v) is 4.04. The molecule has 1 aromatic heterocycles. The highest BCUT2D eigenvalue weighted by atomic mass is 32.1. The van der Waals surface area contributed by atoms with Gasteiger partial charge in [0.25, 0.3) is 0 Å². The first-order valence-electron chi connectivity index (χ1n) is 5.86. The quantitative estimate of drug-likeness (QED) is 0.858. The molecule has 0 aromatic carbocycles. The molecule has 0 amide bonds. The molecule has 1 aliphatic carbocycles. The molecule has 1 aromatic rings. The second kappa shape index (κ2) is 4.92. The first kappa shape index (κ1) is 10.9. The topological polar surface area (TPSA) is 37.8 Å². The maximum absolute atomic E-state index is 4.14. The largest absolute Gasteiger partial charge is 0.357 e. The molecule has 0 radical (unpaired) electrons. The number of hydrogen-bond donors (Lipinski definition) is 1. The van der Waals surface area contributed by atoms with E-state index < -0.39 is 0 Å². The van der Waals surface area contributed by atoms with Crippen molar-refractivity contribution in [1.29, 1.82) is 0 Å². The predicted octanol–water partition coefficient (Wildman–Crippen LogP) is 3.23. The van der Waals surface area contributed by atoms with Gasteiger partial charge in [-0.05, 0) is 25.7 Å². The molecule has 0 bridgehead atoms. The maximum atomic E-state index is 4.14. The number of nitrogens with zero attached hydrogens (tertiary/aromatic N) is 2. The Hall–Kier alpha value is -0.640. The SMILES string of the molecule is CCC1CCCCC1Nc1nnc(C)s1. The molecule has 1 N–H and O–H groups in total. The summed E-state index contributed by atoms with van der Waals surface area (Å²) in [5.41, 5.74) is 0. The number of rotatable bonds is 3. The van der Waals surface area contributed by atoms with Crippen LogP contribution in [0.15, 0.2) is 0 Å². The van der Waals surface area contributed by atoms with Gasteiger partial charge in [0.1, 0.15) is 5.01 Å². The lowest BCUT2D eigenvalue weighted by Gasteiger charge is -2.31. The van der Waals surface area contributed by atoms with E-state index in [4.69, 9.17) is 0 Å². The molecule has 84 valence electrons. The monoisotopic (exact) mass is 225 g/mol. The number of aromatic nitrogens is 2. The van der Waals surface area contributed by atoms with Crippen LogP contribution in [0.2, 0.25) is 0 Å². The lowest BCUT2D eigenvalue weighted by molar-refractivity contribution is 0.317. The van der Waals surface area contributed by atoms with Crippen LogP contribution in [0.3, 0.4) is 0 Å². The van der Waals surface area contributed by atoms with E-state index in [0.717, 1.165) is 16.1 Å². The van der Waals surface area contributed by atoms with E-state index in [-0.39, 0.29) is 0 Å². The van der Waals surface area contributed by atoms with Crippen LogP contribution >= 0.6 is 11.3 Å². The van der Waals surface area contributed by atoms with Crippen molar-refractivity contribution in [3.8, 4) is 0 Å².